The van der Waals surface area contributed by atoms with E-state index in [4.69, 9.17) is 26.3 Å². The summed E-state index contributed by atoms with van der Waals surface area (Å²) in [5, 5.41) is 14.8. The van der Waals surface area contributed by atoms with Crippen LogP contribution < -0.4 is 14.5 Å². The van der Waals surface area contributed by atoms with Crippen LogP contribution in [0.2, 0.25) is 5.02 Å². The predicted molar refractivity (Wildman–Crippen MR) is 109 cm³/mol. The molecular weight excluding hydrogens is 378 g/mol. The van der Waals surface area contributed by atoms with Crippen LogP contribution in [0.25, 0.3) is 6.08 Å². The highest BCUT2D eigenvalue weighted by molar-refractivity contribution is 6.37. The minimum absolute atomic E-state index is 0.0719. The average Bonchev–Trinajstić information content (AvgIpc) is 2.96. The monoisotopic (exact) mass is 395 g/mol. The van der Waals surface area contributed by atoms with Crippen molar-refractivity contribution < 1.29 is 14.3 Å². The van der Waals surface area contributed by atoms with Crippen LogP contribution in [0.5, 0.6) is 11.5 Å². The van der Waals surface area contributed by atoms with Crippen molar-refractivity contribution in [1.82, 2.24) is 0 Å². The molecule has 3 rings (SSSR count). The predicted octanol–water partition coefficient (Wildman–Crippen LogP) is 4.45. The number of hydrazone groups is 1. The second-order valence-corrected chi connectivity index (χ2v) is 6.30. The van der Waals surface area contributed by atoms with Crippen LogP contribution >= 0.6 is 11.6 Å². The van der Waals surface area contributed by atoms with Crippen LogP contribution in [0.3, 0.4) is 0 Å². The first kappa shape index (κ1) is 19.5. The van der Waals surface area contributed by atoms with E-state index in [0.29, 0.717) is 40.1 Å². The first-order chi connectivity index (χ1) is 13.5. The first-order valence-corrected chi connectivity index (χ1v) is 9.05. The summed E-state index contributed by atoms with van der Waals surface area (Å²) in [5.74, 6) is 0.731. The quantitative estimate of drug-likeness (QED) is 0.677. The molecule has 2 aromatic rings. The van der Waals surface area contributed by atoms with Gasteiger partial charge in [-0.2, -0.15) is 15.4 Å². The van der Waals surface area contributed by atoms with E-state index in [2.05, 4.69) is 5.10 Å². The van der Waals surface area contributed by atoms with E-state index in [1.165, 1.54) is 5.01 Å². The molecule has 0 fully saturated rings. The zero-order valence-electron chi connectivity index (χ0n) is 15.5. The number of nitrogens with zero attached hydrogens (tertiary/aromatic N) is 3. The number of halogens is 1. The van der Waals surface area contributed by atoms with Crippen LogP contribution in [0.15, 0.2) is 53.1 Å². The first-order valence-electron chi connectivity index (χ1n) is 8.68. The maximum absolute atomic E-state index is 12.9. The topological polar surface area (TPSA) is 74.9 Å². The van der Waals surface area contributed by atoms with Crippen LogP contribution in [0.4, 0.5) is 5.69 Å². The van der Waals surface area contributed by atoms with Gasteiger partial charge in [-0.15, -0.1) is 0 Å². The number of amides is 1. The van der Waals surface area contributed by atoms with Gasteiger partial charge in [0.2, 0.25) is 0 Å². The van der Waals surface area contributed by atoms with E-state index >= 15 is 0 Å². The Hall–Kier alpha value is -3.30. The number of ether oxygens (including phenoxy) is 2. The fraction of sp³-hybridized carbons (Fsp3) is 0.190. The number of carbonyl (C=O) groups excluding carboxylic acids is 1. The van der Waals surface area contributed by atoms with E-state index < -0.39 is 0 Å². The van der Waals surface area contributed by atoms with Gasteiger partial charge in [0.05, 0.1) is 28.6 Å². The van der Waals surface area contributed by atoms with Crippen molar-refractivity contribution in [2.24, 2.45) is 5.10 Å². The van der Waals surface area contributed by atoms with Gasteiger partial charge in [-0.1, -0.05) is 29.8 Å². The van der Waals surface area contributed by atoms with Crippen LogP contribution in [0.1, 0.15) is 19.4 Å². The number of nitriles is 1. The van der Waals surface area contributed by atoms with Crippen molar-refractivity contribution in [2.75, 3.05) is 18.2 Å². The molecule has 1 aliphatic heterocycles. The summed E-state index contributed by atoms with van der Waals surface area (Å²) in [6.07, 6.45) is 1.74. The van der Waals surface area contributed by atoms with E-state index in [1.54, 1.807) is 55.5 Å². The van der Waals surface area contributed by atoms with Crippen molar-refractivity contribution in [2.45, 2.75) is 13.8 Å². The van der Waals surface area contributed by atoms with E-state index in [-0.39, 0.29) is 12.5 Å². The third-order valence-electron chi connectivity index (χ3n) is 4.01. The summed E-state index contributed by atoms with van der Waals surface area (Å²) in [7, 11) is 0. The molecule has 0 radical (unpaired) electrons. The van der Waals surface area contributed by atoms with Crippen molar-refractivity contribution >= 4 is 35.0 Å². The molecule has 142 valence electrons. The third-order valence-corrected chi connectivity index (χ3v) is 4.33. The van der Waals surface area contributed by atoms with Gasteiger partial charge in [0.25, 0.3) is 5.91 Å². The number of carbonyl (C=O) groups is 1. The summed E-state index contributed by atoms with van der Waals surface area (Å²) < 4.78 is 11.0. The molecule has 1 aliphatic rings. The summed E-state index contributed by atoms with van der Waals surface area (Å²) >= 11 is 6.20. The van der Waals surface area contributed by atoms with Crippen molar-refractivity contribution in [3.8, 4) is 17.6 Å². The molecule has 28 heavy (non-hydrogen) atoms. The lowest BCUT2D eigenvalue weighted by Crippen LogP contribution is -2.21. The lowest BCUT2D eigenvalue weighted by molar-refractivity contribution is -0.114. The maximum atomic E-state index is 12.9. The third kappa shape index (κ3) is 4.00. The zero-order chi connectivity index (χ0) is 20.1. The average molecular weight is 396 g/mol. The molecule has 0 bridgehead atoms. The van der Waals surface area contributed by atoms with Crippen LogP contribution in [-0.2, 0) is 4.79 Å². The summed E-state index contributed by atoms with van der Waals surface area (Å²) in [6.45, 7) is 4.01. The van der Waals surface area contributed by atoms with E-state index in [9.17, 15) is 4.79 Å². The van der Waals surface area contributed by atoms with Crippen molar-refractivity contribution in [1.29, 1.82) is 5.26 Å². The maximum Gasteiger partial charge on any atom is 0.280 e. The number of rotatable bonds is 6. The Morgan fingerprint density at radius 1 is 1.21 bits per heavy atom. The second-order valence-electron chi connectivity index (χ2n) is 5.90. The van der Waals surface area contributed by atoms with E-state index in [0.717, 1.165) is 5.56 Å². The van der Waals surface area contributed by atoms with Gasteiger partial charge in [-0.3, -0.25) is 4.79 Å². The summed E-state index contributed by atoms with van der Waals surface area (Å²) in [4.78, 5) is 12.9. The minimum Gasteiger partial charge on any atom is -0.490 e. The molecule has 0 aliphatic carbocycles. The fourth-order valence-corrected chi connectivity index (χ4v) is 2.97. The Labute approximate surface area is 168 Å². The molecule has 1 amide bonds. The highest BCUT2D eigenvalue weighted by atomic mass is 35.5. The van der Waals surface area contributed by atoms with Gasteiger partial charge in [0.1, 0.15) is 6.07 Å². The molecule has 0 spiro atoms. The molecule has 0 atom stereocenters. The minimum atomic E-state index is -0.256. The molecule has 7 heteroatoms. The number of hydrogen-bond donors (Lipinski definition) is 0. The Balaban J connectivity index is 1.92. The fourth-order valence-electron chi connectivity index (χ4n) is 2.75. The lowest BCUT2D eigenvalue weighted by Gasteiger charge is -2.13. The summed E-state index contributed by atoms with van der Waals surface area (Å²) in [5.41, 5.74) is 2.35. The molecule has 0 unspecified atom stereocenters. The Bertz CT molecular complexity index is 1010. The SMILES string of the molecule is CCOc1cc(/C=C2/C(=O)N(c3ccccc3Cl)N=C2C)ccc1OCC#N. The molecule has 6 nitrogen and oxygen atoms in total. The lowest BCUT2D eigenvalue weighted by atomic mass is 10.1. The molecular formula is C21H18ClN3O3. The largest absolute Gasteiger partial charge is 0.490 e. The standard InChI is InChI=1S/C21H18ClN3O3/c1-3-27-20-13-15(8-9-19(20)28-11-10-23)12-16-14(2)24-25(21(16)26)18-7-5-4-6-17(18)22/h4-9,12-13H,3,11H2,1-2H3/b16-12+. The number of anilines is 1. The molecule has 2 aromatic carbocycles. The highest BCUT2D eigenvalue weighted by Gasteiger charge is 2.29. The van der Waals surface area contributed by atoms with Gasteiger partial charge in [-0.25, -0.2) is 0 Å². The Morgan fingerprint density at radius 2 is 2.00 bits per heavy atom. The smallest absolute Gasteiger partial charge is 0.280 e. The Morgan fingerprint density at radius 3 is 2.71 bits per heavy atom. The molecule has 1 heterocycles. The van der Waals surface area contributed by atoms with Crippen LogP contribution in [0, 0.1) is 11.3 Å². The number of benzene rings is 2. The second kappa shape index (κ2) is 8.59. The molecule has 0 aromatic heterocycles. The highest BCUT2D eigenvalue weighted by Crippen LogP contribution is 2.32. The normalized spacial score (nSPS) is 14.8. The number of para-hydroxylation sites is 1. The van der Waals surface area contributed by atoms with Crippen LogP contribution in [-0.4, -0.2) is 24.8 Å². The number of hydrogen-bond acceptors (Lipinski definition) is 5. The molecule has 0 saturated carbocycles. The van der Waals surface area contributed by atoms with Gasteiger partial charge in [0, 0.05) is 0 Å². The molecule has 0 N–H and O–H groups in total. The van der Waals surface area contributed by atoms with Gasteiger partial charge < -0.3 is 9.47 Å². The summed E-state index contributed by atoms with van der Waals surface area (Å²) in [6, 6.07) is 14.3. The zero-order valence-corrected chi connectivity index (χ0v) is 16.2. The molecule has 0 saturated heterocycles. The van der Waals surface area contributed by atoms with Gasteiger partial charge in [0.15, 0.2) is 18.1 Å². The van der Waals surface area contributed by atoms with E-state index in [1.807, 2.05) is 13.0 Å². The van der Waals surface area contributed by atoms with Crippen molar-refractivity contribution in [3.05, 3.63) is 58.6 Å². The van der Waals surface area contributed by atoms with Crippen molar-refractivity contribution in [3.63, 3.8) is 0 Å². The van der Waals surface area contributed by atoms with Gasteiger partial charge in [-0.05, 0) is 49.8 Å². The van der Waals surface area contributed by atoms with Gasteiger partial charge >= 0.3 is 0 Å². The Kier molecular flexibility index (Phi) is 5.97.